The number of anilines is 1. The molecule has 0 bridgehead atoms. The quantitative estimate of drug-likeness (QED) is 0.787. The average molecular weight is 285 g/mol. The first-order valence-corrected chi connectivity index (χ1v) is 7.29. The van der Waals surface area contributed by atoms with Gasteiger partial charge < -0.3 is 0 Å². The van der Waals surface area contributed by atoms with Crippen LogP contribution in [0.25, 0.3) is 0 Å². The molecule has 1 aliphatic rings. The van der Waals surface area contributed by atoms with E-state index in [0.717, 1.165) is 41.2 Å². The van der Waals surface area contributed by atoms with E-state index in [1.54, 1.807) is 0 Å². The summed E-state index contributed by atoms with van der Waals surface area (Å²) < 4.78 is 0. The summed E-state index contributed by atoms with van der Waals surface area (Å²) in [4.78, 5) is 0. The zero-order chi connectivity index (χ0) is 13.9. The number of hydrazone groups is 1. The maximum Gasteiger partial charge on any atom is 0.0682 e. The van der Waals surface area contributed by atoms with Crippen molar-refractivity contribution in [2.24, 2.45) is 5.10 Å². The van der Waals surface area contributed by atoms with Crippen LogP contribution in [0.4, 0.5) is 5.69 Å². The van der Waals surface area contributed by atoms with Crippen LogP contribution >= 0.6 is 11.6 Å². The molecule has 2 aromatic rings. The fraction of sp³-hybridized carbons (Fsp3) is 0.235. The first-order valence-electron chi connectivity index (χ1n) is 6.91. The number of benzene rings is 2. The van der Waals surface area contributed by atoms with Crippen molar-refractivity contribution in [2.45, 2.75) is 26.2 Å². The Morgan fingerprint density at radius 3 is 2.80 bits per heavy atom. The van der Waals surface area contributed by atoms with Crippen LogP contribution in [0.3, 0.4) is 0 Å². The number of hydrogen-bond acceptors (Lipinski definition) is 2. The third kappa shape index (κ3) is 2.70. The van der Waals surface area contributed by atoms with E-state index in [-0.39, 0.29) is 0 Å². The fourth-order valence-corrected chi connectivity index (χ4v) is 2.69. The summed E-state index contributed by atoms with van der Waals surface area (Å²) in [6.07, 6.45) is 3.32. The predicted molar refractivity (Wildman–Crippen MR) is 85.7 cm³/mol. The lowest BCUT2D eigenvalue weighted by molar-refractivity contribution is 0.837. The Hall–Kier alpha value is -1.80. The molecule has 3 rings (SSSR count). The van der Waals surface area contributed by atoms with Gasteiger partial charge in [-0.25, -0.2) is 0 Å². The maximum atomic E-state index is 6.13. The highest BCUT2D eigenvalue weighted by atomic mass is 35.5. The summed E-state index contributed by atoms with van der Waals surface area (Å²) >= 11 is 6.13. The molecule has 0 heterocycles. The summed E-state index contributed by atoms with van der Waals surface area (Å²) in [5.74, 6) is 0. The van der Waals surface area contributed by atoms with Gasteiger partial charge in [0.1, 0.15) is 0 Å². The van der Waals surface area contributed by atoms with Crippen LogP contribution in [0.1, 0.15) is 29.5 Å². The van der Waals surface area contributed by atoms with E-state index in [0.29, 0.717) is 0 Å². The third-order valence-corrected chi connectivity index (χ3v) is 4.09. The van der Waals surface area contributed by atoms with Gasteiger partial charge in [0.05, 0.1) is 11.4 Å². The van der Waals surface area contributed by atoms with Crippen LogP contribution in [0.5, 0.6) is 0 Å². The van der Waals surface area contributed by atoms with Crippen LogP contribution in [-0.2, 0) is 6.42 Å². The van der Waals surface area contributed by atoms with E-state index in [4.69, 9.17) is 11.6 Å². The molecule has 102 valence electrons. The lowest BCUT2D eigenvalue weighted by Crippen LogP contribution is -2.13. The molecule has 1 aliphatic carbocycles. The van der Waals surface area contributed by atoms with Crippen molar-refractivity contribution in [3.63, 3.8) is 0 Å². The van der Waals surface area contributed by atoms with Crippen LogP contribution in [-0.4, -0.2) is 5.71 Å². The molecule has 0 amide bonds. The number of fused-ring (bicyclic) bond motifs is 1. The molecule has 0 unspecified atom stereocenters. The van der Waals surface area contributed by atoms with Crippen molar-refractivity contribution in [1.82, 2.24) is 0 Å². The Labute approximate surface area is 124 Å². The minimum atomic E-state index is 0.763. The molecule has 0 saturated carbocycles. The third-order valence-electron chi connectivity index (χ3n) is 3.68. The molecule has 20 heavy (non-hydrogen) atoms. The minimum Gasteiger partial charge on any atom is -0.278 e. The van der Waals surface area contributed by atoms with Crippen LogP contribution in [0.2, 0.25) is 5.02 Å². The summed E-state index contributed by atoms with van der Waals surface area (Å²) in [7, 11) is 0. The molecule has 0 aliphatic heterocycles. The Morgan fingerprint density at radius 1 is 1.10 bits per heavy atom. The first kappa shape index (κ1) is 13.2. The van der Waals surface area contributed by atoms with Gasteiger partial charge in [-0.2, -0.15) is 5.10 Å². The van der Waals surface area contributed by atoms with Gasteiger partial charge in [-0.05, 0) is 49.4 Å². The Kier molecular flexibility index (Phi) is 3.75. The Balaban J connectivity index is 1.85. The molecule has 3 heteroatoms. The monoisotopic (exact) mass is 284 g/mol. The predicted octanol–water partition coefficient (Wildman–Crippen LogP) is 4.80. The van der Waals surface area contributed by atoms with Crippen molar-refractivity contribution in [1.29, 1.82) is 0 Å². The maximum absolute atomic E-state index is 6.13. The van der Waals surface area contributed by atoms with E-state index in [1.807, 2.05) is 25.1 Å². The second-order valence-corrected chi connectivity index (χ2v) is 5.55. The van der Waals surface area contributed by atoms with Gasteiger partial charge in [-0.3, -0.25) is 5.43 Å². The molecule has 0 fully saturated rings. The Bertz CT molecular complexity index is 662. The molecule has 2 aromatic carbocycles. The summed E-state index contributed by atoms with van der Waals surface area (Å²) in [6.45, 7) is 2.00. The summed E-state index contributed by atoms with van der Waals surface area (Å²) in [5, 5.41) is 5.34. The average Bonchev–Trinajstić information content (AvgIpc) is 2.48. The molecular weight excluding hydrogens is 268 g/mol. The van der Waals surface area contributed by atoms with Gasteiger partial charge in [-0.1, -0.05) is 41.9 Å². The molecular formula is C17H17ClN2. The van der Waals surface area contributed by atoms with Crippen LogP contribution in [0.15, 0.2) is 47.6 Å². The van der Waals surface area contributed by atoms with Crippen molar-refractivity contribution in [2.75, 3.05) is 5.43 Å². The second kappa shape index (κ2) is 5.68. The lowest BCUT2D eigenvalue weighted by Gasteiger charge is -2.17. The highest BCUT2D eigenvalue weighted by Gasteiger charge is 2.14. The zero-order valence-corrected chi connectivity index (χ0v) is 12.2. The van der Waals surface area contributed by atoms with Gasteiger partial charge in [0.2, 0.25) is 0 Å². The molecule has 1 N–H and O–H groups in total. The van der Waals surface area contributed by atoms with Crippen molar-refractivity contribution in [3.05, 3.63) is 64.2 Å². The van der Waals surface area contributed by atoms with Gasteiger partial charge >= 0.3 is 0 Å². The Morgan fingerprint density at radius 2 is 1.95 bits per heavy atom. The van der Waals surface area contributed by atoms with E-state index < -0.39 is 0 Å². The van der Waals surface area contributed by atoms with E-state index in [1.165, 1.54) is 11.1 Å². The van der Waals surface area contributed by atoms with Crippen LogP contribution in [0, 0.1) is 6.92 Å². The molecule has 0 spiro atoms. The molecule has 0 saturated heterocycles. The SMILES string of the molecule is Cc1ccc(NN=C2CCCc3ccccc32)cc1Cl. The summed E-state index contributed by atoms with van der Waals surface area (Å²) in [5.41, 5.74) is 8.92. The lowest BCUT2D eigenvalue weighted by atomic mass is 9.90. The fourth-order valence-electron chi connectivity index (χ4n) is 2.51. The largest absolute Gasteiger partial charge is 0.278 e. The highest BCUT2D eigenvalue weighted by Crippen LogP contribution is 2.23. The van der Waals surface area contributed by atoms with Gasteiger partial charge in [-0.15, -0.1) is 0 Å². The van der Waals surface area contributed by atoms with E-state index in [2.05, 4.69) is 34.8 Å². The highest BCUT2D eigenvalue weighted by molar-refractivity contribution is 6.31. The molecule has 2 nitrogen and oxygen atoms in total. The van der Waals surface area contributed by atoms with Gasteiger partial charge in [0, 0.05) is 10.6 Å². The van der Waals surface area contributed by atoms with Crippen molar-refractivity contribution >= 4 is 23.0 Å². The minimum absolute atomic E-state index is 0.763. The number of aryl methyl sites for hydroxylation is 2. The topological polar surface area (TPSA) is 24.4 Å². The smallest absolute Gasteiger partial charge is 0.0682 e. The zero-order valence-electron chi connectivity index (χ0n) is 11.5. The number of nitrogens with one attached hydrogen (secondary N) is 1. The summed E-state index contributed by atoms with van der Waals surface area (Å²) in [6, 6.07) is 14.4. The molecule has 0 radical (unpaired) electrons. The molecule has 0 atom stereocenters. The first-order chi connectivity index (χ1) is 9.74. The second-order valence-electron chi connectivity index (χ2n) is 5.14. The standard InChI is InChI=1S/C17H17ClN2/c1-12-9-10-14(11-16(12)18)19-20-17-8-4-6-13-5-2-3-7-15(13)17/h2-3,5,7,9-11,19H,4,6,8H2,1H3. The number of hydrogen-bond donors (Lipinski definition) is 1. The van der Waals surface area contributed by atoms with E-state index >= 15 is 0 Å². The number of rotatable bonds is 2. The van der Waals surface area contributed by atoms with Gasteiger partial charge in [0.15, 0.2) is 0 Å². The van der Waals surface area contributed by atoms with Crippen molar-refractivity contribution < 1.29 is 0 Å². The normalized spacial score (nSPS) is 16.0. The molecule has 0 aromatic heterocycles. The van der Waals surface area contributed by atoms with Crippen molar-refractivity contribution in [3.8, 4) is 0 Å². The van der Waals surface area contributed by atoms with Crippen LogP contribution < -0.4 is 5.43 Å². The number of nitrogens with zero attached hydrogens (tertiary/aromatic N) is 1. The van der Waals surface area contributed by atoms with E-state index in [9.17, 15) is 0 Å². The number of halogens is 1. The van der Waals surface area contributed by atoms with Gasteiger partial charge in [0.25, 0.3) is 0 Å².